The van der Waals surface area contributed by atoms with Gasteiger partial charge in [0.1, 0.15) is 6.04 Å². The highest BCUT2D eigenvalue weighted by molar-refractivity contribution is 5.83. The molecule has 25 heavy (non-hydrogen) atoms. The average Bonchev–Trinajstić information content (AvgIpc) is 2.60. The molecule has 124 valence electrons. The highest BCUT2D eigenvalue weighted by Crippen LogP contribution is 2.21. The number of amides is 1. The number of nitrogens with one attached hydrogen (secondary N) is 2. The van der Waals surface area contributed by atoms with Crippen LogP contribution in [0.3, 0.4) is 0 Å². The summed E-state index contributed by atoms with van der Waals surface area (Å²) in [5.41, 5.74) is 3.59. The van der Waals surface area contributed by atoms with E-state index in [9.17, 15) is 10.1 Å². The van der Waals surface area contributed by atoms with Crippen molar-refractivity contribution in [2.24, 2.45) is 0 Å². The van der Waals surface area contributed by atoms with E-state index in [2.05, 4.69) is 22.8 Å². The van der Waals surface area contributed by atoms with Gasteiger partial charge in [0.25, 0.3) is 0 Å². The van der Waals surface area contributed by atoms with Crippen LogP contribution in [0.1, 0.15) is 17.5 Å². The quantitative estimate of drug-likeness (QED) is 0.879. The maximum atomic E-state index is 11.9. The third-order valence-corrected chi connectivity index (χ3v) is 4.33. The topological polar surface area (TPSA) is 88.7 Å². The van der Waals surface area contributed by atoms with Crippen molar-refractivity contribution >= 4 is 5.91 Å². The van der Waals surface area contributed by atoms with Crippen LogP contribution in [0.5, 0.6) is 0 Å². The first-order valence-corrected chi connectivity index (χ1v) is 8.22. The molecule has 1 heterocycles. The van der Waals surface area contributed by atoms with Crippen molar-refractivity contribution in [3.63, 3.8) is 0 Å². The first kappa shape index (κ1) is 16.7. The molecule has 2 N–H and O–H groups in total. The van der Waals surface area contributed by atoms with Crippen LogP contribution in [0.4, 0.5) is 0 Å². The molecule has 1 aliphatic heterocycles. The zero-order valence-corrected chi connectivity index (χ0v) is 13.7. The highest BCUT2D eigenvalue weighted by Gasteiger charge is 2.26. The van der Waals surface area contributed by atoms with Crippen LogP contribution in [0.15, 0.2) is 48.5 Å². The summed E-state index contributed by atoms with van der Waals surface area (Å²) in [5, 5.41) is 24.1. The standard InChI is InChI=1S/C20H18N4O/c21-12-15-2-1-3-17(10-15)16-6-4-14(5-7-16)11-18(13-22)24-20(25)19-8-9-23-19/h1-7,10,18-19,23H,8-9,11H2,(H,24,25)/t18-,19-/m0/s1. The van der Waals surface area contributed by atoms with E-state index >= 15 is 0 Å². The van der Waals surface area contributed by atoms with Gasteiger partial charge < -0.3 is 10.6 Å². The Balaban J connectivity index is 1.66. The Hall–Kier alpha value is -3.15. The molecule has 1 fully saturated rings. The van der Waals surface area contributed by atoms with Gasteiger partial charge in [0.15, 0.2) is 0 Å². The number of hydrogen-bond donors (Lipinski definition) is 2. The predicted octanol–water partition coefficient (Wildman–Crippen LogP) is 2.14. The Bertz CT molecular complexity index is 841. The Morgan fingerprint density at radius 3 is 2.56 bits per heavy atom. The largest absolute Gasteiger partial charge is 0.339 e. The predicted molar refractivity (Wildman–Crippen MR) is 94.2 cm³/mol. The molecule has 0 saturated carbocycles. The Morgan fingerprint density at radius 1 is 1.20 bits per heavy atom. The number of nitriles is 2. The minimum atomic E-state index is -0.539. The lowest BCUT2D eigenvalue weighted by Crippen LogP contribution is -2.55. The molecule has 1 amide bonds. The molecule has 0 aliphatic carbocycles. The molecule has 5 nitrogen and oxygen atoms in total. The number of carbonyl (C=O) groups is 1. The van der Waals surface area contributed by atoms with Gasteiger partial charge in [-0.15, -0.1) is 0 Å². The van der Waals surface area contributed by atoms with E-state index in [0.717, 1.165) is 29.7 Å². The van der Waals surface area contributed by atoms with Gasteiger partial charge in [-0.25, -0.2) is 0 Å². The smallest absolute Gasteiger partial charge is 0.238 e. The third-order valence-electron chi connectivity index (χ3n) is 4.33. The molecule has 2 atom stereocenters. The fraction of sp³-hybridized carbons (Fsp3) is 0.250. The summed E-state index contributed by atoms with van der Waals surface area (Å²) in [7, 11) is 0. The number of hydrogen-bond acceptors (Lipinski definition) is 4. The minimum absolute atomic E-state index is 0.109. The first-order chi connectivity index (χ1) is 12.2. The number of carbonyl (C=O) groups excluding carboxylic acids is 1. The summed E-state index contributed by atoms with van der Waals surface area (Å²) in [6, 6.07) is 18.9. The average molecular weight is 330 g/mol. The van der Waals surface area contributed by atoms with Crippen molar-refractivity contribution in [2.45, 2.75) is 24.9 Å². The summed E-state index contributed by atoms with van der Waals surface area (Å²) in [4.78, 5) is 11.9. The fourth-order valence-corrected chi connectivity index (χ4v) is 2.75. The Morgan fingerprint density at radius 2 is 1.96 bits per heavy atom. The summed E-state index contributed by atoms with van der Waals surface area (Å²) < 4.78 is 0. The number of benzene rings is 2. The molecule has 0 aromatic heterocycles. The maximum absolute atomic E-state index is 11.9. The Kier molecular flexibility index (Phi) is 5.09. The van der Waals surface area contributed by atoms with Crippen LogP contribution in [-0.2, 0) is 11.2 Å². The minimum Gasteiger partial charge on any atom is -0.339 e. The summed E-state index contributed by atoms with van der Waals surface area (Å²) in [6.45, 7) is 0.851. The van der Waals surface area contributed by atoms with Crippen molar-refractivity contribution in [3.8, 4) is 23.3 Å². The molecule has 0 bridgehead atoms. The molecule has 5 heteroatoms. The molecular formula is C20H18N4O. The maximum Gasteiger partial charge on any atom is 0.238 e. The molecule has 1 aliphatic rings. The van der Waals surface area contributed by atoms with E-state index in [1.54, 1.807) is 6.07 Å². The second-order valence-corrected chi connectivity index (χ2v) is 6.08. The lowest BCUT2D eigenvalue weighted by atomic mass is 9.99. The van der Waals surface area contributed by atoms with E-state index in [0.29, 0.717) is 12.0 Å². The third kappa shape index (κ3) is 4.03. The summed E-state index contributed by atoms with van der Waals surface area (Å²) in [6.07, 6.45) is 1.29. The molecule has 2 aromatic carbocycles. The van der Waals surface area contributed by atoms with Crippen LogP contribution >= 0.6 is 0 Å². The number of nitrogens with zero attached hydrogens (tertiary/aromatic N) is 2. The van der Waals surface area contributed by atoms with Gasteiger partial charge in [-0.1, -0.05) is 36.4 Å². The highest BCUT2D eigenvalue weighted by atomic mass is 16.2. The second-order valence-electron chi connectivity index (χ2n) is 6.08. The van der Waals surface area contributed by atoms with Gasteiger partial charge in [-0.2, -0.15) is 10.5 Å². The first-order valence-electron chi connectivity index (χ1n) is 8.22. The Labute approximate surface area is 146 Å². The SMILES string of the molecule is N#Cc1cccc(-c2ccc(C[C@@H](C#N)NC(=O)[C@@H]3CCN3)cc2)c1. The van der Waals surface area contributed by atoms with E-state index in [4.69, 9.17) is 5.26 Å². The zero-order valence-electron chi connectivity index (χ0n) is 13.7. The number of rotatable bonds is 5. The molecule has 1 saturated heterocycles. The van der Waals surface area contributed by atoms with Gasteiger partial charge in [-0.05, 0) is 41.8 Å². The van der Waals surface area contributed by atoms with Gasteiger partial charge in [0.05, 0.1) is 23.7 Å². The van der Waals surface area contributed by atoms with Gasteiger partial charge in [-0.3, -0.25) is 4.79 Å². The molecule has 2 aromatic rings. The van der Waals surface area contributed by atoms with Crippen molar-refractivity contribution < 1.29 is 4.79 Å². The summed E-state index contributed by atoms with van der Waals surface area (Å²) >= 11 is 0. The molecular weight excluding hydrogens is 312 g/mol. The fourth-order valence-electron chi connectivity index (χ4n) is 2.75. The van der Waals surface area contributed by atoms with Gasteiger partial charge in [0.2, 0.25) is 5.91 Å². The molecule has 3 rings (SSSR count). The summed E-state index contributed by atoms with van der Waals surface area (Å²) in [5.74, 6) is -0.109. The van der Waals surface area contributed by atoms with Crippen LogP contribution in [0.25, 0.3) is 11.1 Å². The monoisotopic (exact) mass is 330 g/mol. The van der Waals surface area contributed by atoms with Crippen LogP contribution in [-0.4, -0.2) is 24.5 Å². The van der Waals surface area contributed by atoms with E-state index in [1.165, 1.54) is 0 Å². The van der Waals surface area contributed by atoms with E-state index in [1.807, 2.05) is 42.5 Å². The van der Waals surface area contributed by atoms with Crippen molar-refractivity contribution in [1.29, 1.82) is 10.5 Å². The van der Waals surface area contributed by atoms with E-state index < -0.39 is 6.04 Å². The van der Waals surface area contributed by atoms with Gasteiger partial charge >= 0.3 is 0 Å². The lowest BCUT2D eigenvalue weighted by Gasteiger charge is -2.27. The van der Waals surface area contributed by atoms with E-state index in [-0.39, 0.29) is 11.9 Å². The second kappa shape index (κ2) is 7.61. The van der Waals surface area contributed by atoms with Crippen LogP contribution in [0, 0.1) is 22.7 Å². The normalized spacial score (nSPS) is 16.8. The van der Waals surface area contributed by atoms with Gasteiger partial charge in [0, 0.05) is 6.42 Å². The molecule has 0 radical (unpaired) electrons. The molecule has 0 spiro atoms. The van der Waals surface area contributed by atoms with Crippen molar-refractivity contribution in [2.75, 3.05) is 6.54 Å². The van der Waals surface area contributed by atoms with Crippen LogP contribution in [0.2, 0.25) is 0 Å². The lowest BCUT2D eigenvalue weighted by molar-refractivity contribution is -0.125. The van der Waals surface area contributed by atoms with Crippen molar-refractivity contribution in [1.82, 2.24) is 10.6 Å². The zero-order chi connectivity index (χ0) is 17.6. The molecule has 0 unspecified atom stereocenters. The van der Waals surface area contributed by atoms with Crippen molar-refractivity contribution in [3.05, 3.63) is 59.7 Å². The van der Waals surface area contributed by atoms with Crippen LogP contribution < -0.4 is 10.6 Å².